The van der Waals surface area contributed by atoms with Crippen molar-refractivity contribution < 1.29 is 9.50 Å². The van der Waals surface area contributed by atoms with Crippen molar-refractivity contribution >= 4 is 21.4 Å². The fourth-order valence-corrected chi connectivity index (χ4v) is 3.17. The maximum Gasteiger partial charge on any atom is 0.123 e. The second kappa shape index (κ2) is 5.11. The van der Waals surface area contributed by atoms with Crippen LogP contribution >= 0.6 is 11.3 Å². The maximum absolute atomic E-state index is 13.1. The number of rotatable bonds is 3. The highest BCUT2D eigenvalue weighted by Gasteiger charge is 2.12. The Balaban J connectivity index is 1.87. The first-order chi connectivity index (χ1) is 9.22. The number of hydrogen-bond donors (Lipinski definition) is 1. The normalized spacial score (nSPS) is 12.7. The summed E-state index contributed by atoms with van der Waals surface area (Å²) in [5.41, 5.74) is 1.10. The minimum Gasteiger partial charge on any atom is -0.387 e. The van der Waals surface area contributed by atoms with E-state index < -0.39 is 6.10 Å². The molecule has 1 aromatic heterocycles. The molecular weight excluding hydrogens is 259 g/mol. The lowest BCUT2D eigenvalue weighted by Crippen LogP contribution is -1.98. The van der Waals surface area contributed by atoms with Gasteiger partial charge in [-0.25, -0.2) is 4.39 Å². The van der Waals surface area contributed by atoms with Crippen LogP contribution in [-0.2, 0) is 6.42 Å². The van der Waals surface area contributed by atoms with Crippen molar-refractivity contribution in [2.45, 2.75) is 12.5 Å². The molecule has 3 heteroatoms. The van der Waals surface area contributed by atoms with Gasteiger partial charge in [0.2, 0.25) is 0 Å². The second-order valence-electron chi connectivity index (χ2n) is 4.54. The van der Waals surface area contributed by atoms with E-state index >= 15 is 0 Å². The molecule has 1 nitrogen and oxygen atoms in total. The summed E-state index contributed by atoms with van der Waals surface area (Å²) in [4.78, 5) is 0.879. The van der Waals surface area contributed by atoms with E-state index in [1.807, 2.05) is 36.4 Å². The van der Waals surface area contributed by atoms with E-state index in [0.717, 1.165) is 20.5 Å². The fourth-order valence-electron chi connectivity index (χ4n) is 2.14. The highest BCUT2D eigenvalue weighted by Crippen LogP contribution is 2.31. The van der Waals surface area contributed by atoms with Gasteiger partial charge in [-0.2, -0.15) is 0 Å². The summed E-state index contributed by atoms with van der Waals surface area (Å²) in [6.45, 7) is 0. The molecule has 1 N–H and O–H groups in total. The molecule has 1 unspecified atom stereocenters. The van der Waals surface area contributed by atoms with E-state index in [9.17, 15) is 9.50 Å². The fraction of sp³-hybridized carbons (Fsp3) is 0.125. The summed E-state index contributed by atoms with van der Waals surface area (Å²) in [6.07, 6.45) is 0.0405. The van der Waals surface area contributed by atoms with Crippen LogP contribution in [0.3, 0.4) is 0 Å². The topological polar surface area (TPSA) is 20.2 Å². The lowest BCUT2D eigenvalue weighted by Gasteiger charge is -2.07. The summed E-state index contributed by atoms with van der Waals surface area (Å²) < 4.78 is 14.1. The lowest BCUT2D eigenvalue weighted by atomic mass is 10.1. The van der Waals surface area contributed by atoms with Crippen LogP contribution in [0.1, 0.15) is 16.5 Å². The van der Waals surface area contributed by atoms with Crippen molar-refractivity contribution in [2.24, 2.45) is 0 Å². The van der Waals surface area contributed by atoms with Gasteiger partial charge in [-0.15, -0.1) is 11.3 Å². The van der Waals surface area contributed by atoms with E-state index in [1.165, 1.54) is 23.5 Å². The van der Waals surface area contributed by atoms with Crippen LogP contribution in [0.25, 0.3) is 10.1 Å². The van der Waals surface area contributed by atoms with Crippen LogP contribution in [0.5, 0.6) is 0 Å². The summed E-state index contributed by atoms with van der Waals surface area (Å²) in [6, 6.07) is 16.5. The number of halogens is 1. The van der Waals surface area contributed by atoms with E-state index in [-0.39, 0.29) is 5.82 Å². The van der Waals surface area contributed by atoms with Crippen LogP contribution in [0.2, 0.25) is 0 Å². The zero-order valence-corrected chi connectivity index (χ0v) is 11.0. The summed E-state index contributed by atoms with van der Waals surface area (Å²) in [7, 11) is 0. The van der Waals surface area contributed by atoms with Crippen LogP contribution in [0.15, 0.2) is 54.6 Å². The van der Waals surface area contributed by atoms with Crippen molar-refractivity contribution in [1.82, 2.24) is 0 Å². The first-order valence-electron chi connectivity index (χ1n) is 6.13. The molecule has 0 saturated heterocycles. The van der Waals surface area contributed by atoms with Gasteiger partial charge in [-0.05, 0) is 35.2 Å². The van der Waals surface area contributed by atoms with Crippen molar-refractivity contribution in [2.75, 3.05) is 0 Å². The van der Waals surface area contributed by atoms with E-state index in [1.54, 1.807) is 6.07 Å². The van der Waals surface area contributed by atoms with E-state index in [0.29, 0.717) is 6.42 Å². The maximum atomic E-state index is 13.1. The molecule has 0 saturated carbocycles. The molecular formula is C16H13FOS. The Morgan fingerprint density at radius 2 is 1.84 bits per heavy atom. The third-order valence-corrected chi connectivity index (χ3v) is 4.32. The molecule has 0 amide bonds. The zero-order chi connectivity index (χ0) is 13.2. The molecule has 0 aliphatic rings. The molecule has 0 aliphatic carbocycles. The summed E-state index contributed by atoms with van der Waals surface area (Å²) >= 11 is 1.52. The third kappa shape index (κ3) is 2.67. The molecule has 0 bridgehead atoms. The predicted octanol–water partition coefficient (Wildman–Crippen LogP) is 4.32. The Bertz CT molecular complexity index is 690. The van der Waals surface area contributed by atoms with Gasteiger partial charge in [0.15, 0.2) is 0 Å². The number of fused-ring (bicyclic) bond motifs is 1. The van der Waals surface area contributed by atoms with Gasteiger partial charge in [0, 0.05) is 16.0 Å². The van der Waals surface area contributed by atoms with Gasteiger partial charge < -0.3 is 5.11 Å². The molecule has 2 aromatic carbocycles. The van der Waals surface area contributed by atoms with Gasteiger partial charge in [0.05, 0.1) is 6.10 Å². The quantitative estimate of drug-likeness (QED) is 0.753. The smallest absolute Gasteiger partial charge is 0.123 e. The summed E-state index contributed by atoms with van der Waals surface area (Å²) in [5.74, 6) is -0.241. The lowest BCUT2D eigenvalue weighted by molar-refractivity contribution is 0.182. The Kier molecular flexibility index (Phi) is 3.32. The molecule has 19 heavy (non-hydrogen) atoms. The van der Waals surface area contributed by atoms with Gasteiger partial charge in [-0.1, -0.05) is 30.3 Å². The van der Waals surface area contributed by atoms with Gasteiger partial charge in [0.25, 0.3) is 0 Å². The molecule has 96 valence electrons. The number of aliphatic hydroxyl groups excluding tert-OH is 1. The average molecular weight is 272 g/mol. The molecule has 0 spiro atoms. The molecule has 0 fully saturated rings. The Morgan fingerprint density at radius 3 is 2.63 bits per heavy atom. The Morgan fingerprint density at radius 1 is 1.05 bits per heavy atom. The number of thiophene rings is 1. The van der Waals surface area contributed by atoms with Gasteiger partial charge in [-0.3, -0.25) is 0 Å². The SMILES string of the molecule is OC(Cc1ccccc1)c1cc2cc(F)ccc2s1. The van der Waals surface area contributed by atoms with Crippen molar-refractivity contribution in [1.29, 1.82) is 0 Å². The molecule has 0 aliphatic heterocycles. The van der Waals surface area contributed by atoms with Crippen LogP contribution in [-0.4, -0.2) is 5.11 Å². The zero-order valence-electron chi connectivity index (χ0n) is 10.2. The first-order valence-corrected chi connectivity index (χ1v) is 6.95. The largest absolute Gasteiger partial charge is 0.387 e. The highest BCUT2D eigenvalue weighted by molar-refractivity contribution is 7.19. The number of hydrogen-bond acceptors (Lipinski definition) is 2. The minimum atomic E-state index is -0.539. The Labute approximate surface area is 115 Å². The third-order valence-electron chi connectivity index (χ3n) is 3.10. The second-order valence-corrected chi connectivity index (χ2v) is 5.65. The van der Waals surface area contributed by atoms with Crippen LogP contribution < -0.4 is 0 Å². The van der Waals surface area contributed by atoms with Gasteiger partial charge >= 0.3 is 0 Å². The van der Waals surface area contributed by atoms with Crippen LogP contribution in [0, 0.1) is 5.82 Å². The van der Waals surface area contributed by atoms with Gasteiger partial charge in [0.1, 0.15) is 5.82 Å². The van der Waals surface area contributed by atoms with Crippen molar-refractivity contribution in [3.8, 4) is 0 Å². The minimum absolute atomic E-state index is 0.241. The highest BCUT2D eigenvalue weighted by atomic mass is 32.1. The van der Waals surface area contributed by atoms with E-state index in [4.69, 9.17) is 0 Å². The monoisotopic (exact) mass is 272 g/mol. The standard InChI is InChI=1S/C16H13FOS/c17-13-6-7-15-12(9-13)10-16(19-15)14(18)8-11-4-2-1-3-5-11/h1-7,9-10,14,18H,8H2. The molecule has 1 atom stereocenters. The first kappa shape index (κ1) is 12.3. The number of aliphatic hydroxyl groups is 1. The van der Waals surface area contributed by atoms with E-state index in [2.05, 4.69) is 0 Å². The predicted molar refractivity (Wildman–Crippen MR) is 76.9 cm³/mol. The average Bonchev–Trinajstić information content (AvgIpc) is 2.83. The molecule has 1 heterocycles. The molecule has 0 radical (unpaired) electrons. The summed E-state index contributed by atoms with van der Waals surface area (Å²) in [5, 5.41) is 11.1. The van der Waals surface area contributed by atoms with Crippen molar-refractivity contribution in [3.63, 3.8) is 0 Å². The molecule has 3 rings (SSSR count). The molecule has 3 aromatic rings. The van der Waals surface area contributed by atoms with Crippen LogP contribution in [0.4, 0.5) is 4.39 Å². The number of benzene rings is 2. The Hall–Kier alpha value is -1.71. The van der Waals surface area contributed by atoms with Crippen molar-refractivity contribution in [3.05, 3.63) is 70.9 Å².